The van der Waals surface area contributed by atoms with Gasteiger partial charge in [-0.15, -0.1) is 0 Å². The molecule has 224 valence electrons. The van der Waals surface area contributed by atoms with Crippen molar-refractivity contribution in [3.05, 3.63) is 170 Å². The number of fused-ring (bicyclic) bond motifs is 4. The molecule has 0 spiro atoms. The predicted molar refractivity (Wildman–Crippen MR) is 197 cm³/mol. The van der Waals surface area contributed by atoms with Crippen LogP contribution in [0.5, 0.6) is 0 Å². The molecule has 0 bridgehead atoms. The van der Waals surface area contributed by atoms with E-state index in [1.54, 1.807) is 0 Å². The lowest BCUT2D eigenvalue weighted by Gasteiger charge is -2.12. The fourth-order valence-electron chi connectivity index (χ4n) is 6.46. The molecule has 0 N–H and O–H groups in total. The average molecular weight is 613 g/mol. The van der Waals surface area contributed by atoms with Gasteiger partial charge in [-0.2, -0.15) is 0 Å². The highest BCUT2D eigenvalue weighted by molar-refractivity contribution is 6.04. The fraction of sp³-hybridized carbons (Fsp3) is 0. The van der Waals surface area contributed by atoms with Crippen molar-refractivity contribution >= 4 is 32.8 Å². The van der Waals surface area contributed by atoms with Gasteiger partial charge in [-0.1, -0.05) is 146 Å². The molecule has 48 heavy (non-hydrogen) atoms. The highest BCUT2D eigenvalue weighted by atomic mass is 14.8. The van der Waals surface area contributed by atoms with E-state index in [1.165, 1.54) is 5.56 Å². The molecule has 0 saturated carbocycles. The third-order valence-electron chi connectivity index (χ3n) is 8.86. The molecule has 0 atom stereocenters. The zero-order valence-corrected chi connectivity index (χ0v) is 26.0. The Kier molecular flexibility index (Phi) is 6.76. The van der Waals surface area contributed by atoms with Gasteiger partial charge in [0, 0.05) is 33.0 Å². The van der Waals surface area contributed by atoms with Gasteiger partial charge in [0.1, 0.15) is 0 Å². The molecule has 9 rings (SSSR count). The smallest absolute Gasteiger partial charge is 0.0973 e. The number of benzene rings is 6. The topological polar surface area (TPSA) is 51.6 Å². The van der Waals surface area contributed by atoms with Crippen LogP contribution in [-0.2, 0) is 0 Å². The maximum Gasteiger partial charge on any atom is 0.0973 e. The summed E-state index contributed by atoms with van der Waals surface area (Å²) in [6.07, 6.45) is 0. The summed E-state index contributed by atoms with van der Waals surface area (Å²) in [6.45, 7) is 0. The van der Waals surface area contributed by atoms with E-state index >= 15 is 0 Å². The van der Waals surface area contributed by atoms with Crippen LogP contribution in [0.1, 0.15) is 0 Å². The minimum absolute atomic E-state index is 0.823. The van der Waals surface area contributed by atoms with Crippen LogP contribution in [0.15, 0.2) is 170 Å². The first-order valence-electron chi connectivity index (χ1n) is 16.1. The molecule has 4 heteroatoms. The van der Waals surface area contributed by atoms with Crippen LogP contribution in [-0.4, -0.2) is 19.9 Å². The molecule has 0 saturated heterocycles. The molecule has 0 aliphatic heterocycles. The summed E-state index contributed by atoms with van der Waals surface area (Å²) in [4.78, 5) is 20.8. The Labute approximate surface area is 278 Å². The van der Waals surface area contributed by atoms with Crippen LogP contribution in [0.25, 0.3) is 89.0 Å². The zero-order valence-electron chi connectivity index (χ0n) is 26.0. The van der Waals surface area contributed by atoms with Crippen molar-refractivity contribution in [2.45, 2.75) is 0 Å². The van der Waals surface area contributed by atoms with E-state index in [1.807, 2.05) is 48.5 Å². The van der Waals surface area contributed by atoms with E-state index in [0.29, 0.717) is 0 Å². The van der Waals surface area contributed by atoms with Crippen molar-refractivity contribution < 1.29 is 0 Å². The monoisotopic (exact) mass is 612 g/mol. The summed E-state index contributed by atoms with van der Waals surface area (Å²) in [7, 11) is 0. The van der Waals surface area contributed by atoms with Crippen molar-refractivity contribution in [2.24, 2.45) is 0 Å². The van der Waals surface area contributed by atoms with Crippen LogP contribution in [0.4, 0.5) is 0 Å². The lowest BCUT2D eigenvalue weighted by Crippen LogP contribution is -1.96. The zero-order chi connectivity index (χ0) is 31.9. The van der Waals surface area contributed by atoms with Crippen LogP contribution in [0.2, 0.25) is 0 Å². The van der Waals surface area contributed by atoms with Gasteiger partial charge in [0.05, 0.1) is 44.8 Å². The van der Waals surface area contributed by atoms with E-state index in [2.05, 4.69) is 121 Å². The van der Waals surface area contributed by atoms with E-state index < -0.39 is 0 Å². The molecule has 0 aliphatic carbocycles. The van der Waals surface area contributed by atoms with E-state index in [-0.39, 0.29) is 0 Å². The Hall–Kier alpha value is -6.52. The molecule has 6 aromatic carbocycles. The molecule has 4 nitrogen and oxygen atoms in total. The number of nitrogens with zero attached hydrogens (tertiary/aromatic N) is 4. The molecule has 9 aromatic rings. The summed E-state index contributed by atoms with van der Waals surface area (Å²) in [5, 5.41) is 2.10. The Morgan fingerprint density at radius 3 is 1.40 bits per heavy atom. The van der Waals surface area contributed by atoms with Gasteiger partial charge in [-0.25, -0.2) is 19.9 Å². The van der Waals surface area contributed by atoms with Gasteiger partial charge < -0.3 is 0 Å². The molecule has 3 heterocycles. The highest BCUT2D eigenvalue weighted by Crippen LogP contribution is 2.35. The fourth-order valence-corrected chi connectivity index (χ4v) is 6.46. The summed E-state index contributed by atoms with van der Waals surface area (Å²) in [5.74, 6) is 0. The Bertz CT molecular complexity index is 2600. The quantitative estimate of drug-likeness (QED) is 0.181. The Morgan fingerprint density at radius 2 is 0.771 bits per heavy atom. The lowest BCUT2D eigenvalue weighted by atomic mass is 9.97. The maximum atomic E-state index is 5.24. The second kappa shape index (κ2) is 11.7. The van der Waals surface area contributed by atoms with Crippen molar-refractivity contribution in [1.29, 1.82) is 0 Å². The summed E-state index contributed by atoms with van der Waals surface area (Å²) in [6, 6.07) is 58.4. The molecule has 0 amide bonds. The average Bonchev–Trinajstić information content (AvgIpc) is 3.17. The van der Waals surface area contributed by atoms with Crippen molar-refractivity contribution in [3.8, 4) is 56.2 Å². The molecule has 0 radical (unpaired) electrons. The van der Waals surface area contributed by atoms with Gasteiger partial charge >= 0.3 is 0 Å². The van der Waals surface area contributed by atoms with Crippen molar-refractivity contribution in [2.75, 3.05) is 0 Å². The molecule has 0 fully saturated rings. The van der Waals surface area contributed by atoms with Crippen LogP contribution in [0.3, 0.4) is 0 Å². The summed E-state index contributed by atoms with van der Waals surface area (Å²) >= 11 is 0. The number of pyridine rings is 2. The van der Waals surface area contributed by atoms with Gasteiger partial charge in [-0.3, -0.25) is 0 Å². The number of rotatable bonds is 5. The first kappa shape index (κ1) is 27.8. The Morgan fingerprint density at radius 1 is 0.292 bits per heavy atom. The van der Waals surface area contributed by atoms with Gasteiger partial charge in [-0.05, 0) is 35.4 Å². The molecule has 0 unspecified atom stereocenters. The number of hydrogen-bond acceptors (Lipinski definition) is 4. The first-order valence-corrected chi connectivity index (χ1v) is 16.1. The molecular weight excluding hydrogens is 585 g/mol. The molecular formula is C44H28N4. The second-order valence-electron chi connectivity index (χ2n) is 11.9. The molecule has 3 aromatic heterocycles. The van der Waals surface area contributed by atoms with E-state index in [4.69, 9.17) is 19.9 Å². The first-order chi connectivity index (χ1) is 23.8. The van der Waals surface area contributed by atoms with Crippen LogP contribution >= 0.6 is 0 Å². The third-order valence-corrected chi connectivity index (χ3v) is 8.86. The Balaban J connectivity index is 1.18. The number of hydrogen-bond donors (Lipinski definition) is 0. The minimum atomic E-state index is 0.823. The van der Waals surface area contributed by atoms with Gasteiger partial charge in [0.2, 0.25) is 0 Å². The second-order valence-corrected chi connectivity index (χ2v) is 11.9. The normalized spacial score (nSPS) is 11.3. The summed E-state index contributed by atoms with van der Waals surface area (Å²) in [5.41, 5.74) is 13.4. The maximum absolute atomic E-state index is 5.24. The van der Waals surface area contributed by atoms with E-state index in [9.17, 15) is 0 Å². The van der Waals surface area contributed by atoms with Crippen molar-refractivity contribution in [3.63, 3.8) is 0 Å². The third kappa shape index (κ3) is 4.97. The van der Waals surface area contributed by atoms with Crippen LogP contribution < -0.4 is 0 Å². The SMILES string of the molecule is c1ccc(-c2ccccc2-c2ccc3ccc4ccc(-c5ccc6nc(-c7ccccc7)c(-c7ccccc7)nc6c5)nc4c3n2)cc1. The lowest BCUT2D eigenvalue weighted by molar-refractivity contribution is 1.29. The molecule has 0 aliphatic rings. The largest absolute Gasteiger partial charge is 0.245 e. The summed E-state index contributed by atoms with van der Waals surface area (Å²) < 4.78 is 0. The standard InChI is InChI=1S/C44H28N4/c1-4-12-29(13-5-1)35-18-10-11-19-36(35)38-26-23-33-21-20-32-22-25-37(45-43(32)44(33)46-38)34-24-27-39-40(28-34)48-42(31-16-8-3-9-17-31)41(47-39)30-14-6-2-7-15-30/h1-28H. The number of aromatic nitrogens is 4. The van der Waals surface area contributed by atoms with Gasteiger partial charge in [0.25, 0.3) is 0 Å². The van der Waals surface area contributed by atoms with Crippen molar-refractivity contribution in [1.82, 2.24) is 19.9 Å². The highest BCUT2D eigenvalue weighted by Gasteiger charge is 2.15. The van der Waals surface area contributed by atoms with E-state index in [0.717, 1.165) is 83.4 Å². The predicted octanol–water partition coefficient (Wildman–Crippen LogP) is 11.1. The van der Waals surface area contributed by atoms with Gasteiger partial charge in [0.15, 0.2) is 0 Å². The van der Waals surface area contributed by atoms with Crippen LogP contribution in [0, 0.1) is 0 Å². The minimum Gasteiger partial charge on any atom is -0.245 e.